The number of nitrogens with one attached hydrogen (secondary N) is 1. The van der Waals surface area contributed by atoms with Crippen LogP contribution in [0.25, 0.3) is 0 Å². The van der Waals surface area contributed by atoms with Crippen molar-refractivity contribution in [2.24, 2.45) is 0 Å². The average Bonchev–Trinajstić information content (AvgIpc) is 1.84. The molecule has 0 aromatic carbocycles. The van der Waals surface area contributed by atoms with Crippen molar-refractivity contribution in [3.63, 3.8) is 0 Å². The standard InChI is InChI=1S/C8H14N2O/c1-5(2)10-4-6-3-7(9-6)8(10)11/h5-7,9H,3-4H2,1-2H3. The summed E-state index contributed by atoms with van der Waals surface area (Å²) < 4.78 is 0. The van der Waals surface area contributed by atoms with E-state index in [4.69, 9.17) is 0 Å². The van der Waals surface area contributed by atoms with Crippen molar-refractivity contribution in [3.8, 4) is 0 Å². The van der Waals surface area contributed by atoms with E-state index in [-0.39, 0.29) is 6.04 Å². The van der Waals surface area contributed by atoms with Gasteiger partial charge in [-0.1, -0.05) is 0 Å². The van der Waals surface area contributed by atoms with Gasteiger partial charge in [-0.3, -0.25) is 4.79 Å². The van der Waals surface area contributed by atoms with E-state index in [1.54, 1.807) is 0 Å². The number of carbonyl (C=O) groups excluding carboxylic acids is 1. The van der Waals surface area contributed by atoms with Crippen LogP contribution in [0.15, 0.2) is 0 Å². The highest BCUT2D eigenvalue weighted by molar-refractivity contribution is 5.84. The Morgan fingerprint density at radius 1 is 1.64 bits per heavy atom. The van der Waals surface area contributed by atoms with E-state index in [2.05, 4.69) is 19.2 Å². The van der Waals surface area contributed by atoms with Gasteiger partial charge in [0.25, 0.3) is 0 Å². The summed E-state index contributed by atoms with van der Waals surface area (Å²) in [6.45, 7) is 5.05. The number of piperazine rings is 1. The molecule has 3 aliphatic heterocycles. The number of nitrogens with zero attached hydrogens (tertiary/aromatic N) is 1. The molecule has 3 nitrogen and oxygen atoms in total. The fourth-order valence-corrected chi connectivity index (χ4v) is 1.84. The molecule has 0 aromatic rings. The van der Waals surface area contributed by atoms with Gasteiger partial charge in [0.1, 0.15) is 0 Å². The Kier molecular flexibility index (Phi) is 1.42. The molecule has 3 rings (SSSR count). The summed E-state index contributed by atoms with van der Waals surface area (Å²) in [5, 5.41) is 3.22. The summed E-state index contributed by atoms with van der Waals surface area (Å²) in [7, 11) is 0. The van der Waals surface area contributed by atoms with Crippen LogP contribution in [0.2, 0.25) is 0 Å². The van der Waals surface area contributed by atoms with E-state index in [9.17, 15) is 4.79 Å². The summed E-state index contributed by atoms with van der Waals surface area (Å²) >= 11 is 0. The van der Waals surface area contributed by atoms with Gasteiger partial charge in [0, 0.05) is 18.6 Å². The number of rotatable bonds is 1. The first-order chi connectivity index (χ1) is 5.18. The Morgan fingerprint density at radius 2 is 2.27 bits per heavy atom. The molecule has 0 radical (unpaired) electrons. The van der Waals surface area contributed by atoms with Gasteiger partial charge in [-0.2, -0.15) is 0 Å². The van der Waals surface area contributed by atoms with Crippen LogP contribution >= 0.6 is 0 Å². The van der Waals surface area contributed by atoms with Crippen molar-refractivity contribution in [1.82, 2.24) is 10.2 Å². The van der Waals surface area contributed by atoms with Crippen LogP contribution < -0.4 is 5.32 Å². The molecule has 1 N–H and O–H groups in total. The first-order valence-electron chi connectivity index (χ1n) is 4.25. The fourth-order valence-electron chi connectivity index (χ4n) is 1.84. The Balaban J connectivity index is 2.07. The zero-order valence-electron chi connectivity index (χ0n) is 7.00. The number of amides is 1. The average molecular weight is 154 g/mol. The molecule has 0 aromatic heterocycles. The second-order valence-electron chi connectivity index (χ2n) is 3.74. The molecule has 3 fully saturated rings. The summed E-state index contributed by atoms with van der Waals surface area (Å²) in [5.41, 5.74) is 0. The highest BCUT2D eigenvalue weighted by Crippen LogP contribution is 2.23. The fraction of sp³-hybridized carbons (Fsp3) is 0.875. The molecule has 2 atom stereocenters. The topological polar surface area (TPSA) is 32.3 Å². The Labute approximate surface area is 66.8 Å². The Hall–Kier alpha value is -0.570. The maximum Gasteiger partial charge on any atom is 0.240 e. The number of carbonyl (C=O) groups is 1. The van der Waals surface area contributed by atoms with Crippen molar-refractivity contribution >= 4 is 5.91 Å². The van der Waals surface area contributed by atoms with E-state index in [0.717, 1.165) is 13.0 Å². The summed E-state index contributed by atoms with van der Waals surface area (Å²) in [6, 6.07) is 1.10. The maximum atomic E-state index is 11.5. The SMILES string of the molecule is CC(C)N1CC2CC(N2)C1=O. The normalized spacial score (nSPS) is 35.9. The van der Waals surface area contributed by atoms with Crippen molar-refractivity contribution in [2.45, 2.75) is 38.4 Å². The highest BCUT2D eigenvalue weighted by atomic mass is 16.2. The minimum absolute atomic E-state index is 0.149. The number of piperidine rings is 1. The van der Waals surface area contributed by atoms with Gasteiger partial charge in [0.2, 0.25) is 5.91 Å². The summed E-state index contributed by atoms with van der Waals surface area (Å²) in [5.74, 6) is 0.294. The van der Waals surface area contributed by atoms with Crippen LogP contribution in [0.1, 0.15) is 20.3 Å². The number of fused-ring (bicyclic) bond motifs is 2. The van der Waals surface area contributed by atoms with E-state index in [1.165, 1.54) is 0 Å². The quantitative estimate of drug-likeness (QED) is 0.575. The zero-order valence-corrected chi connectivity index (χ0v) is 7.00. The minimum Gasteiger partial charge on any atom is -0.337 e. The van der Waals surface area contributed by atoms with E-state index in [1.807, 2.05) is 4.90 Å². The smallest absolute Gasteiger partial charge is 0.240 e. The van der Waals surface area contributed by atoms with Crippen LogP contribution in [0, 0.1) is 0 Å². The minimum atomic E-state index is 0.149. The lowest BCUT2D eigenvalue weighted by Crippen LogP contribution is -2.70. The number of hydrogen-bond acceptors (Lipinski definition) is 2. The predicted molar refractivity (Wildman–Crippen MR) is 42.2 cm³/mol. The molecule has 11 heavy (non-hydrogen) atoms. The van der Waals surface area contributed by atoms with Crippen LogP contribution in [0.4, 0.5) is 0 Å². The molecule has 3 heteroatoms. The third-order valence-electron chi connectivity index (χ3n) is 2.58. The largest absolute Gasteiger partial charge is 0.337 e. The molecule has 3 saturated heterocycles. The molecule has 3 heterocycles. The molecule has 2 bridgehead atoms. The molecule has 0 aliphatic carbocycles. The Bertz CT molecular complexity index is 185. The van der Waals surface area contributed by atoms with Gasteiger partial charge in [-0.05, 0) is 20.3 Å². The third kappa shape index (κ3) is 0.948. The Morgan fingerprint density at radius 3 is 2.64 bits per heavy atom. The van der Waals surface area contributed by atoms with Crippen molar-refractivity contribution in [3.05, 3.63) is 0 Å². The summed E-state index contributed by atoms with van der Waals surface area (Å²) in [4.78, 5) is 13.4. The molecular formula is C8H14N2O. The molecule has 62 valence electrons. The van der Waals surface area contributed by atoms with E-state index in [0.29, 0.717) is 18.0 Å². The monoisotopic (exact) mass is 154 g/mol. The molecule has 1 amide bonds. The maximum absolute atomic E-state index is 11.5. The number of hydrogen-bond donors (Lipinski definition) is 1. The zero-order chi connectivity index (χ0) is 8.01. The second kappa shape index (κ2) is 2.21. The van der Waals surface area contributed by atoms with Crippen molar-refractivity contribution in [1.29, 1.82) is 0 Å². The first-order valence-corrected chi connectivity index (χ1v) is 4.25. The van der Waals surface area contributed by atoms with Gasteiger partial charge in [0.05, 0.1) is 6.04 Å². The van der Waals surface area contributed by atoms with Crippen LogP contribution in [0.3, 0.4) is 0 Å². The van der Waals surface area contributed by atoms with Crippen molar-refractivity contribution in [2.75, 3.05) is 6.54 Å². The van der Waals surface area contributed by atoms with Gasteiger partial charge in [-0.25, -0.2) is 0 Å². The first kappa shape index (κ1) is 7.10. The molecular weight excluding hydrogens is 140 g/mol. The van der Waals surface area contributed by atoms with Gasteiger partial charge >= 0.3 is 0 Å². The predicted octanol–water partition coefficient (Wildman–Crippen LogP) is -0.0325. The second-order valence-corrected chi connectivity index (χ2v) is 3.74. The van der Waals surface area contributed by atoms with Crippen LogP contribution in [0.5, 0.6) is 0 Å². The lowest BCUT2D eigenvalue weighted by Gasteiger charge is -2.48. The third-order valence-corrected chi connectivity index (χ3v) is 2.58. The van der Waals surface area contributed by atoms with E-state index < -0.39 is 0 Å². The van der Waals surface area contributed by atoms with E-state index >= 15 is 0 Å². The molecule has 2 unspecified atom stereocenters. The van der Waals surface area contributed by atoms with Gasteiger partial charge in [0.15, 0.2) is 0 Å². The lowest BCUT2D eigenvalue weighted by molar-refractivity contribution is -0.145. The van der Waals surface area contributed by atoms with Crippen LogP contribution in [-0.2, 0) is 4.79 Å². The summed E-state index contributed by atoms with van der Waals surface area (Å²) in [6.07, 6.45) is 1.06. The molecule has 0 saturated carbocycles. The molecule has 0 spiro atoms. The van der Waals surface area contributed by atoms with Crippen molar-refractivity contribution < 1.29 is 4.79 Å². The van der Waals surface area contributed by atoms with Gasteiger partial charge < -0.3 is 10.2 Å². The highest BCUT2D eigenvalue weighted by Gasteiger charge is 2.43. The molecule has 3 aliphatic rings. The lowest BCUT2D eigenvalue weighted by atomic mass is 9.90. The van der Waals surface area contributed by atoms with Crippen LogP contribution in [-0.4, -0.2) is 35.5 Å². The van der Waals surface area contributed by atoms with Gasteiger partial charge in [-0.15, -0.1) is 0 Å².